The summed E-state index contributed by atoms with van der Waals surface area (Å²) in [5.41, 5.74) is 2.17. The van der Waals surface area contributed by atoms with Crippen LogP contribution in [-0.4, -0.2) is 95.8 Å². The van der Waals surface area contributed by atoms with Gasteiger partial charge in [0.05, 0.1) is 29.2 Å². The molecule has 1 fully saturated rings. The molecule has 0 bridgehead atoms. The number of aromatic nitrogens is 3. The van der Waals surface area contributed by atoms with E-state index in [0.717, 1.165) is 24.8 Å². The fourth-order valence-electron chi connectivity index (χ4n) is 5.86. The highest BCUT2D eigenvalue weighted by molar-refractivity contribution is 7.89. The third kappa shape index (κ3) is 9.79. The number of ether oxygens (including phenoxy) is 2. The van der Waals surface area contributed by atoms with Gasteiger partial charge in [0.15, 0.2) is 0 Å². The average Bonchev–Trinajstić information content (AvgIpc) is 3.44. The second-order valence-electron chi connectivity index (χ2n) is 12.3. The van der Waals surface area contributed by atoms with Crippen LogP contribution in [0.25, 0.3) is 22.4 Å². The van der Waals surface area contributed by atoms with E-state index in [1.165, 1.54) is 16.4 Å². The van der Waals surface area contributed by atoms with Crippen molar-refractivity contribution in [2.45, 2.75) is 77.7 Å². The molecule has 270 valence electrons. The van der Waals surface area contributed by atoms with Gasteiger partial charge < -0.3 is 23.9 Å². The molecule has 1 aromatic carbocycles. The van der Waals surface area contributed by atoms with E-state index in [4.69, 9.17) is 14.5 Å². The number of hydrogen-bond acceptors (Lipinski definition) is 11. The zero-order chi connectivity index (χ0) is 35.6. The lowest BCUT2D eigenvalue weighted by atomic mass is 10.1. The Hall–Kier alpha value is -4.02. The van der Waals surface area contributed by atoms with Crippen molar-refractivity contribution in [1.82, 2.24) is 23.7 Å². The van der Waals surface area contributed by atoms with Crippen molar-refractivity contribution in [1.29, 1.82) is 0 Å². The lowest BCUT2D eigenvalue weighted by Gasteiger charge is -2.33. The molecule has 0 unspecified atom stereocenters. The number of sulfonamides is 1. The molecular weight excluding hydrogens is 656 g/mol. The minimum Gasteiger partial charge on any atom is -0.493 e. The average molecular weight is 705 g/mol. The fraction of sp³-hybridized carbons (Fsp3) is 0.606. The van der Waals surface area contributed by atoms with Gasteiger partial charge in [0.1, 0.15) is 23.7 Å². The van der Waals surface area contributed by atoms with E-state index in [9.17, 15) is 28.1 Å². The van der Waals surface area contributed by atoms with E-state index in [1.807, 2.05) is 36.4 Å². The number of rotatable bonds is 19. The molecule has 3 heterocycles. The van der Waals surface area contributed by atoms with Gasteiger partial charge in [-0.1, -0.05) is 27.2 Å². The first-order valence-corrected chi connectivity index (χ1v) is 18.5. The topological polar surface area (TPSA) is 179 Å². The molecule has 1 saturated heterocycles. The molecule has 0 amide bonds. The molecule has 0 spiro atoms. The first-order valence-electron chi connectivity index (χ1n) is 17.0. The van der Waals surface area contributed by atoms with E-state index >= 15 is 0 Å². The number of piperazine rings is 1. The minimum absolute atomic E-state index is 0.00785. The number of fused-ring (bicyclic) bond motifs is 1. The van der Waals surface area contributed by atoms with Crippen molar-refractivity contribution < 1.29 is 32.6 Å². The van der Waals surface area contributed by atoms with E-state index in [2.05, 4.69) is 16.7 Å². The van der Waals surface area contributed by atoms with Gasteiger partial charge in [0, 0.05) is 51.9 Å². The summed E-state index contributed by atoms with van der Waals surface area (Å²) in [5.74, 6) is 0.301. The highest BCUT2D eigenvalue weighted by Crippen LogP contribution is 2.33. The molecule has 0 radical (unpaired) electrons. The number of H-pyrrole nitrogens is 1. The molecule has 1 atom stereocenters. The maximum atomic E-state index is 13.8. The predicted octanol–water partition coefficient (Wildman–Crippen LogP) is 4.02. The van der Waals surface area contributed by atoms with Gasteiger partial charge in [0.25, 0.3) is 10.6 Å². The largest absolute Gasteiger partial charge is 0.493 e. The van der Waals surface area contributed by atoms with Gasteiger partial charge in [-0.3, -0.25) is 14.5 Å². The molecule has 1 aliphatic heterocycles. The number of nitrogens with zero attached hydrogens (tertiary/aromatic N) is 5. The van der Waals surface area contributed by atoms with Crippen LogP contribution in [0.1, 0.15) is 65.4 Å². The first-order chi connectivity index (χ1) is 23.5. The highest BCUT2D eigenvalue weighted by Gasteiger charge is 2.30. The smallest absolute Gasteiger partial charge is 0.305 e. The predicted molar refractivity (Wildman–Crippen MR) is 183 cm³/mol. The number of aryl methyl sites for hydroxylation is 2. The van der Waals surface area contributed by atoms with Crippen LogP contribution in [0.2, 0.25) is 0 Å². The van der Waals surface area contributed by atoms with Gasteiger partial charge in [-0.25, -0.2) is 13.4 Å². The Bertz CT molecular complexity index is 1750. The van der Waals surface area contributed by atoms with Crippen LogP contribution < -0.4 is 10.3 Å². The van der Waals surface area contributed by atoms with Crippen LogP contribution >= 0.6 is 0 Å². The number of benzene rings is 1. The zero-order valence-corrected chi connectivity index (χ0v) is 29.6. The van der Waals surface area contributed by atoms with Crippen molar-refractivity contribution in [2.24, 2.45) is 5.92 Å². The third-order valence-electron chi connectivity index (χ3n) is 8.51. The molecule has 1 N–H and O–H groups in total. The van der Waals surface area contributed by atoms with E-state index < -0.39 is 15.1 Å². The van der Waals surface area contributed by atoms with Gasteiger partial charge in [-0.15, -0.1) is 10.1 Å². The Morgan fingerprint density at radius 3 is 2.55 bits per heavy atom. The first kappa shape index (κ1) is 37.8. The molecule has 49 heavy (non-hydrogen) atoms. The van der Waals surface area contributed by atoms with Crippen LogP contribution in [0, 0.1) is 16.0 Å². The van der Waals surface area contributed by atoms with Crippen LogP contribution in [-0.2, 0) is 37.4 Å². The summed E-state index contributed by atoms with van der Waals surface area (Å²) < 4.78 is 42.4. The number of aromatic amines is 1. The SMILES string of the molecule is CCCOc1ccc(S(=O)(=O)N2CCN(CCOC(=O)CCC[C@H](C)CO[N+](=O)[O-])CC2)cc1-c1nc2c(CCC)cn(CC)c2c(=O)[nH]1. The van der Waals surface area contributed by atoms with Crippen molar-refractivity contribution in [2.75, 3.05) is 52.5 Å². The van der Waals surface area contributed by atoms with E-state index in [-0.39, 0.29) is 60.9 Å². The van der Waals surface area contributed by atoms with E-state index in [0.29, 0.717) is 68.0 Å². The van der Waals surface area contributed by atoms with E-state index in [1.54, 1.807) is 6.07 Å². The molecule has 0 saturated carbocycles. The molecule has 1 aliphatic rings. The Morgan fingerprint density at radius 2 is 1.88 bits per heavy atom. The second kappa shape index (κ2) is 17.6. The Labute approximate surface area is 286 Å². The summed E-state index contributed by atoms with van der Waals surface area (Å²) >= 11 is 0. The quantitative estimate of drug-likeness (QED) is 0.108. The Kier molecular flexibility index (Phi) is 13.6. The summed E-state index contributed by atoms with van der Waals surface area (Å²) in [6.45, 7) is 11.0. The van der Waals surface area contributed by atoms with Crippen LogP contribution in [0.4, 0.5) is 0 Å². The van der Waals surface area contributed by atoms with Crippen molar-refractivity contribution >= 4 is 27.0 Å². The summed E-state index contributed by atoms with van der Waals surface area (Å²) in [6, 6.07) is 4.68. The monoisotopic (exact) mass is 704 g/mol. The van der Waals surface area contributed by atoms with Gasteiger partial charge in [0.2, 0.25) is 10.0 Å². The number of esters is 1. The number of carbonyl (C=O) groups excluding carboxylic acids is 1. The lowest BCUT2D eigenvalue weighted by Crippen LogP contribution is -2.49. The summed E-state index contributed by atoms with van der Waals surface area (Å²) in [4.78, 5) is 50.0. The maximum Gasteiger partial charge on any atom is 0.305 e. The Balaban J connectivity index is 1.41. The van der Waals surface area contributed by atoms with Gasteiger partial charge in [-0.2, -0.15) is 4.31 Å². The van der Waals surface area contributed by atoms with Gasteiger partial charge in [-0.05, 0) is 62.3 Å². The minimum atomic E-state index is -3.89. The van der Waals surface area contributed by atoms with Crippen LogP contribution in [0.5, 0.6) is 5.75 Å². The van der Waals surface area contributed by atoms with Crippen molar-refractivity contribution in [3.63, 3.8) is 0 Å². The third-order valence-corrected chi connectivity index (χ3v) is 10.4. The van der Waals surface area contributed by atoms with Gasteiger partial charge >= 0.3 is 5.97 Å². The zero-order valence-electron chi connectivity index (χ0n) is 28.8. The normalized spacial score (nSPS) is 14.9. The summed E-state index contributed by atoms with van der Waals surface area (Å²) in [6.07, 6.45) is 5.70. The molecule has 3 aromatic rings. The lowest BCUT2D eigenvalue weighted by molar-refractivity contribution is -0.759. The molecule has 15 nitrogen and oxygen atoms in total. The molecular formula is C33H48N6O9S. The maximum absolute atomic E-state index is 13.8. The number of carbonyl (C=O) groups is 1. The Morgan fingerprint density at radius 1 is 1.12 bits per heavy atom. The fourth-order valence-corrected chi connectivity index (χ4v) is 7.31. The van der Waals surface area contributed by atoms with Crippen LogP contribution in [0.3, 0.4) is 0 Å². The molecule has 0 aliphatic carbocycles. The highest BCUT2D eigenvalue weighted by atomic mass is 32.2. The second-order valence-corrected chi connectivity index (χ2v) is 14.2. The molecule has 4 rings (SSSR count). The molecule has 16 heteroatoms. The molecule has 2 aromatic heterocycles. The summed E-state index contributed by atoms with van der Waals surface area (Å²) in [5, 5.41) is 9.47. The van der Waals surface area contributed by atoms with Crippen molar-refractivity contribution in [3.05, 3.63) is 50.4 Å². The van der Waals surface area contributed by atoms with Crippen molar-refractivity contribution in [3.8, 4) is 17.1 Å². The summed E-state index contributed by atoms with van der Waals surface area (Å²) in [7, 11) is -3.89. The number of hydrogen-bond donors (Lipinski definition) is 1. The number of nitrogens with one attached hydrogen (secondary N) is 1. The van der Waals surface area contributed by atoms with Crippen LogP contribution in [0.15, 0.2) is 34.1 Å². The standard InChI is InChI=1S/C33H48N6O9S/c1-5-9-25-22-37(7-3)31-30(25)34-32(35-33(31)41)27-21-26(12-13-28(27)46-19-6-2)49(44,45)38-16-14-36(15-17-38)18-20-47-29(40)11-8-10-24(4)23-48-39(42)43/h12-13,21-22,24H,5-11,14-20,23H2,1-4H3,(H,34,35,41)/t24-/m0/s1.